The maximum atomic E-state index is 12.0. The zero-order chi connectivity index (χ0) is 17.5. The third-order valence-electron chi connectivity index (χ3n) is 3.52. The summed E-state index contributed by atoms with van der Waals surface area (Å²) in [6.45, 7) is 1.97. The van der Waals surface area contributed by atoms with Gasteiger partial charge in [0.1, 0.15) is 15.0 Å². The first-order chi connectivity index (χ1) is 12.2. The van der Waals surface area contributed by atoms with E-state index in [9.17, 15) is 4.79 Å². The first kappa shape index (κ1) is 17.6. The van der Waals surface area contributed by atoms with E-state index in [0.29, 0.717) is 11.6 Å². The van der Waals surface area contributed by atoms with Gasteiger partial charge in [0.25, 0.3) is 0 Å². The second-order valence-electron chi connectivity index (χ2n) is 5.63. The second-order valence-corrected chi connectivity index (χ2v) is 7.96. The van der Waals surface area contributed by atoms with Gasteiger partial charge in [-0.25, -0.2) is 0 Å². The summed E-state index contributed by atoms with van der Waals surface area (Å²) in [7, 11) is 0. The number of unbranched alkanes of at least 4 members (excludes halogenated alkanes) is 1. The van der Waals surface area contributed by atoms with Gasteiger partial charge in [0.05, 0.1) is 6.42 Å². The normalized spacial score (nSPS) is 10.8. The monoisotopic (exact) mass is 373 g/mol. The molecule has 1 N–H and O–H groups in total. The Bertz CT molecular complexity index is 815. The van der Waals surface area contributed by atoms with Crippen molar-refractivity contribution in [3.63, 3.8) is 0 Å². The number of aromatic nitrogens is 4. The molecule has 0 unspecified atom stereocenters. The predicted octanol–water partition coefficient (Wildman–Crippen LogP) is 3.44. The van der Waals surface area contributed by atoms with Crippen LogP contribution in [0.2, 0.25) is 0 Å². The molecule has 0 spiro atoms. The predicted molar refractivity (Wildman–Crippen MR) is 100.0 cm³/mol. The SMILES string of the molecule is Cc1nnc(CCCCc2nnc(NC(=O)Cc3ccccc3)s2)s1. The number of carbonyl (C=O) groups is 1. The summed E-state index contributed by atoms with van der Waals surface area (Å²) in [5.74, 6) is -0.0689. The largest absolute Gasteiger partial charge is 0.300 e. The molecule has 0 saturated carbocycles. The van der Waals surface area contributed by atoms with Crippen molar-refractivity contribution >= 4 is 33.7 Å². The summed E-state index contributed by atoms with van der Waals surface area (Å²) in [5.41, 5.74) is 0.983. The zero-order valence-corrected chi connectivity index (χ0v) is 15.6. The molecule has 0 saturated heterocycles. The van der Waals surface area contributed by atoms with Crippen molar-refractivity contribution in [2.45, 2.75) is 39.0 Å². The van der Waals surface area contributed by atoms with Crippen LogP contribution in [-0.4, -0.2) is 26.3 Å². The van der Waals surface area contributed by atoms with E-state index in [1.807, 2.05) is 37.3 Å². The van der Waals surface area contributed by atoms with Crippen LogP contribution in [0.15, 0.2) is 30.3 Å². The van der Waals surface area contributed by atoms with Gasteiger partial charge in [-0.2, -0.15) is 0 Å². The van der Waals surface area contributed by atoms with Crippen LogP contribution in [-0.2, 0) is 24.1 Å². The molecule has 25 heavy (non-hydrogen) atoms. The molecule has 0 radical (unpaired) electrons. The fourth-order valence-electron chi connectivity index (χ4n) is 2.34. The molecular weight excluding hydrogens is 354 g/mol. The molecule has 6 nitrogen and oxygen atoms in total. The number of hydrogen-bond acceptors (Lipinski definition) is 7. The highest BCUT2D eigenvalue weighted by Crippen LogP contribution is 2.18. The van der Waals surface area contributed by atoms with Gasteiger partial charge in [0.2, 0.25) is 11.0 Å². The smallest absolute Gasteiger partial charge is 0.230 e. The maximum Gasteiger partial charge on any atom is 0.230 e. The summed E-state index contributed by atoms with van der Waals surface area (Å²) >= 11 is 3.09. The van der Waals surface area contributed by atoms with E-state index in [4.69, 9.17) is 0 Å². The van der Waals surface area contributed by atoms with E-state index in [-0.39, 0.29) is 5.91 Å². The third-order valence-corrected chi connectivity index (χ3v) is 5.32. The lowest BCUT2D eigenvalue weighted by Crippen LogP contribution is -2.14. The molecule has 130 valence electrons. The molecular formula is C17H19N5OS2. The molecule has 1 amide bonds. The Kier molecular flexibility index (Phi) is 6.19. The van der Waals surface area contributed by atoms with Gasteiger partial charge in [0.15, 0.2) is 0 Å². The number of aryl methyl sites for hydroxylation is 3. The van der Waals surface area contributed by atoms with Crippen molar-refractivity contribution in [1.29, 1.82) is 0 Å². The van der Waals surface area contributed by atoms with Crippen LogP contribution in [0.5, 0.6) is 0 Å². The Morgan fingerprint density at radius 1 is 0.960 bits per heavy atom. The maximum absolute atomic E-state index is 12.0. The third kappa shape index (κ3) is 5.68. The van der Waals surface area contributed by atoms with Gasteiger partial charge in [-0.1, -0.05) is 41.7 Å². The van der Waals surface area contributed by atoms with Gasteiger partial charge in [-0.3, -0.25) is 4.79 Å². The van der Waals surface area contributed by atoms with E-state index in [2.05, 4.69) is 25.7 Å². The minimum atomic E-state index is -0.0689. The number of nitrogens with one attached hydrogen (secondary N) is 1. The molecule has 2 heterocycles. The molecule has 0 fully saturated rings. The molecule has 0 aliphatic rings. The van der Waals surface area contributed by atoms with Crippen LogP contribution in [0.1, 0.15) is 33.4 Å². The van der Waals surface area contributed by atoms with E-state index >= 15 is 0 Å². The highest BCUT2D eigenvalue weighted by molar-refractivity contribution is 7.15. The number of benzene rings is 1. The highest BCUT2D eigenvalue weighted by atomic mass is 32.1. The Balaban J connectivity index is 1.40. The van der Waals surface area contributed by atoms with E-state index in [0.717, 1.165) is 46.3 Å². The molecule has 0 atom stereocenters. The lowest BCUT2D eigenvalue weighted by molar-refractivity contribution is -0.115. The Labute approximate surface area is 154 Å². The topological polar surface area (TPSA) is 80.7 Å². The van der Waals surface area contributed by atoms with Crippen molar-refractivity contribution in [1.82, 2.24) is 20.4 Å². The summed E-state index contributed by atoms with van der Waals surface area (Å²) in [5, 5.41) is 22.8. The lowest BCUT2D eigenvalue weighted by atomic mass is 10.1. The number of hydrogen-bond donors (Lipinski definition) is 1. The minimum absolute atomic E-state index is 0.0689. The van der Waals surface area contributed by atoms with Gasteiger partial charge in [-0.15, -0.1) is 31.7 Å². The lowest BCUT2D eigenvalue weighted by Gasteiger charge is -2.00. The minimum Gasteiger partial charge on any atom is -0.300 e. The summed E-state index contributed by atoms with van der Waals surface area (Å²) in [6.07, 6.45) is 4.22. The summed E-state index contributed by atoms with van der Waals surface area (Å²) < 4.78 is 0. The molecule has 0 aliphatic heterocycles. The first-order valence-electron chi connectivity index (χ1n) is 8.14. The number of anilines is 1. The number of nitrogens with zero attached hydrogens (tertiary/aromatic N) is 4. The molecule has 3 aromatic rings. The van der Waals surface area contributed by atoms with Crippen molar-refractivity contribution in [2.24, 2.45) is 0 Å². The van der Waals surface area contributed by atoms with Gasteiger partial charge in [0, 0.05) is 12.8 Å². The van der Waals surface area contributed by atoms with E-state index in [1.54, 1.807) is 11.3 Å². The molecule has 3 rings (SSSR count). The van der Waals surface area contributed by atoms with E-state index in [1.165, 1.54) is 11.3 Å². The Morgan fingerprint density at radius 2 is 1.64 bits per heavy atom. The van der Waals surface area contributed by atoms with Crippen LogP contribution in [0.4, 0.5) is 5.13 Å². The van der Waals surface area contributed by atoms with E-state index < -0.39 is 0 Å². The first-order valence-corrected chi connectivity index (χ1v) is 9.77. The molecule has 0 bridgehead atoms. The molecule has 2 aromatic heterocycles. The molecule has 0 aliphatic carbocycles. The van der Waals surface area contributed by atoms with Crippen molar-refractivity contribution in [3.8, 4) is 0 Å². The van der Waals surface area contributed by atoms with Crippen LogP contribution in [0.3, 0.4) is 0 Å². The number of amides is 1. The Hall–Kier alpha value is -2.19. The highest BCUT2D eigenvalue weighted by Gasteiger charge is 2.09. The molecule has 1 aromatic carbocycles. The van der Waals surface area contributed by atoms with Crippen molar-refractivity contribution in [2.75, 3.05) is 5.32 Å². The average Bonchev–Trinajstić information content (AvgIpc) is 3.21. The fraction of sp³-hybridized carbons (Fsp3) is 0.353. The van der Waals surface area contributed by atoms with Gasteiger partial charge in [-0.05, 0) is 25.3 Å². The standard InChI is InChI=1S/C17H19N5OS2/c1-12-19-20-15(24-12)9-5-6-10-16-21-22-17(25-16)18-14(23)11-13-7-3-2-4-8-13/h2-4,7-8H,5-6,9-11H2,1H3,(H,18,22,23). The van der Waals surface area contributed by atoms with Gasteiger partial charge >= 0.3 is 0 Å². The second kappa shape index (κ2) is 8.77. The Morgan fingerprint density at radius 3 is 2.32 bits per heavy atom. The van der Waals surface area contributed by atoms with Crippen molar-refractivity contribution in [3.05, 3.63) is 50.9 Å². The van der Waals surface area contributed by atoms with Crippen LogP contribution < -0.4 is 5.32 Å². The van der Waals surface area contributed by atoms with Crippen LogP contribution in [0.25, 0.3) is 0 Å². The zero-order valence-electron chi connectivity index (χ0n) is 13.9. The quantitative estimate of drug-likeness (QED) is 0.612. The molecule has 8 heteroatoms. The number of rotatable bonds is 8. The van der Waals surface area contributed by atoms with Crippen LogP contribution in [0, 0.1) is 6.92 Å². The van der Waals surface area contributed by atoms with Crippen molar-refractivity contribution < 1.29 is 4.79 Å². The summed E-state index contributed by atoms with van der Waals surface area (Å²) in [6, 6.07) is 9.66. The average molecular weight is 374 g/mol. The van der Waals surface area contributed by atoms with Crippen LogP contribution >= 0.6 is 22.7 Å². The fourth-order valence-corrected chi connectivity index (χ4v) is 3.89. The summed E-state index contributed by atoms with van der Waals surface area (Å²) in [4.78, 5) is 12.0. The van der Waals surface area contributed by atoms with Gasteiger partial charge < -0.3 is 5.32 Å². The number of carbonyl (C=O) groups excluding carboxylic acids is 1.